The largest absolute Gasteiger partial charge is 0.312 e. The molecule has 6 heteroatoms. The second-order valence-corrected chi connectivity index (χ2v) is 8.17. The van der Waals surface area contributed by atoms with Crippen LogP contribution in [0.5, 0.6) is 0 Å². The summed E-state index contributed by atoms with van der Waals surface area (Å²) in [6, 6.07) is 1.75. The van der Waals surface area contributed by atoms with Gasteiger partial charge in [0.25, 0.3) is 0 Å². The molecule has 0 saturated carbocycles. The average Bonchev–Trinajstić information content (AvgIpc) is 2.94. The molecular weight excluding hydrogens is 292 g/mol. The Balaban J connectivity index is 2.19. The highest BCUT2D eigenvalue weighted by Crippen LogP contribution is 2.29. The monoisotopic (exact) mass is 316 g/mol. The molecule has 4 nitrogen and oxygen atoms in total. The average molecular weight is 316 g/mol. The van der Waals surface area contributed by atoms with Gasteiger partial charge in [-0.1, -0.05) is 20.3 Å². The molecule has 1 fully saturated rings. The van der Waals surface area contributed by atoms with Gasteiger partial charge < -0.3 is 5.32 Å². The minimum Gasteiger partial charge on any atom is -0.312 e. The van der Waals surface area contributed by atoms with Crippen LogP contribution in [-0.2, 0) is 16.6 Å². The number of piperidine rings is 1. The van der Waals surface area contributed by atoms with Crippen LogP contribution in [0.2, 0.25) is 0 Å². The lowest BCUT2D eigenvalue weighted by Crippen LogP contribution is -2.39. The molecule has 1 aliphatic rings. The Bertz CT molecular complexity index is 525. The molecule has 0 radical (unpaired) electrons. The van der Waals surface area contributed by atoms with Crippen LogP contribution in [0.1, 0.15) is 38.0 Å². The quantitative estimate of drug-likeness (QED) is 0.878. The second kappa shape index (κ2) is 7.02. The van der Waals surface area contributed by atoms with Crippen molar-refractivity contribution in [1.29, 1.82) is 0 Å². The summed E-state index contributed by atoms with van der Waals surface area (Å²) in [7, 11) is -3.32. The molecule has 2 heterocycles. The van der Waals surface area contributed by atoms with Crippen molar-refractivity contribution in [2.24, 2.45) is 5.92 Å². The fraction of sp³-hybridized carbons (Fsp3) is 0.714. The van der Waals surface area contributed by atoms with Crippen LogP contribution in [0, 0.1) is 5.92 Å². The summed E-state index contributed by atoms with van der Waals surface area (Å²) in [6.45, 7) is 6.98. The van der Waals surface area contributed by atoms with E-state index in [1.165, 1.54) is 11.3 Å². The van der Waals surface area contributed by atoms with Crippen LogP contribution in [-0.4, -0.2) is 32.4 Å². The van der Waals surface area contributed by atoms with Crippen LogP contribution in [0.4, 0.5) is 0 Å². The molecule has 0 aliphatic carbocycles. The first-order valence-corrected chi connectivity index (χ1v) is 9.68. The van der Waals surface area contributed by atoms with E-state index in [1.54, 1.807) is 10.4 Å². The lowest BCUT2D eigenvalue weighted by atomic mass is 9.97. The van der Waals surface area contributed by atoms with Gasteiger partial charge in [0, 0.05) is 24.5 Å². The van der Waals surface area contributed by atoms with Gasteiger partial charge in [0.15, 0.2) is 0 Å². The van der Waals surface area contributed by atoms with Gasteiger partial charge >= 0.3 is 0 Å². The van der Waals surface area contributed by atoms with Gasteiger partial charge in [-0.25, -0.2) is 8.42 Å². The molecule has 1 unspecified atom stereocenters. The summed E-state index contributed by atoms with van der Waals surface area (Å²) in [6.07, 6.45) is 3.18. The standard InChI is InChI=1S/C14H24N2O2S2/c1-3-12-6-5-8-16(11-12)20(17,18)14-7-9-19-13(14)10-15-4-2/h7,9,12,15H,3-6,8,10-11H2,1-2H3. The van der Waals surface area contributed by atoms with Crippen molar-refractivity contribution in [2.45, 2.75) is 44.6 Å². The minimum atomic E-state index is -3.32. The summed E-state index contributed by atoms with van der Waals surface area (Å²) in [5, 5.41) is 5.09. The van der Waals surface area contributed by atoms with Gasteiger partial charge in [-0.15, -0.1) is 11.3 Å². The van der Waals surface area contributed by atoms with E-state index in [-0.39, 0.29) is 0 Å². The summed E-state index contributed by atoms with van der Waals surface area (Å²) in [4.78, 5) is 1.42. The summed E-state index contributed by atoms with van der Waals surface area (Å²) in [5.74, 6) is 0.509. The Labute approximate surface area is 126 Å². The molecule has 114 valence electrons. The smallest absolute Gasteiger partial charge is 0.244 e. The zero-order valence-corrected chi connectivity index (χ0v) is 13.9. The van der Waals surface area contributed by atoms with Gasteiger partial charge in [-0.3, -0.25) is 0 Å². The Morgan fingerprint density at radius 1 is 1.45 bits per heavy atom. The first-order chi connectivity index (χ1) is 9.59. The molecule has 1 aliphatic heterocycles. The molecule has 2 rings (SSSR count). The summed E-state index contributed by atoms with van der Waals surface area (Å²) < 4.78 is 27.3. The highest BCUT2D eigenvalue weighted by atomic mass is 32.2. The van der Waals surface area contributed by atoms with E-state index in [0.717, 1.165) is 30.7 Å². The number of hydrogen-bond donors (Lipinski definition) is 1. The third kappa shape index (κ3) is 3.42. The number of hydrogen-bond acceptors (Lipinski definition) is 4. The van der Waals surface area contributed by atoms with E-state index in [2.05, 4.69) is 12.2 Å². The van der Waals surface area contributed by atoms with E-state index in [1.807, 2.05) is 12.3 Å². The van der Waals surface area contributed by atoms with E-state index >= 15 is 0 Å². The third-order valence-electron chi connectivity index (χ3n) is 3.92. The molecule has 0 aromatic carbocycles. The topological polar surface area (TPSA) is 49.4 Å². The van der Waals surface area contributed by atoms with Crippen LogP contribution in [0.15, 0.2) is 16.3 Å². The third-order valence-corrected chi connectivity index (χ3v) is 6.92. The van der Waals surface area contributed by atoms with Crippen molar-refractivity contribution < 1.29 is 8.42 Å². The Hall–Kier alpha value is -0.430. The molecule has 1 aromatic rings. The van der Waals surface area contributed by atoms with Crippen molar-refractivity contribution in [3.05, 3.63) is 16.3 Å². The normalized spacial score (nSPS) is 21.2. The number of thiophene rings is 1. The first kappa shape index (κ1) is 15.9. The van der Waals surface area contributed by atoms with Crippen molar-refractivity contribution in [3.8, 4) is 0 Å². The van der Waals surface area contributed by atoms with Gasteiger partial charge in [0.05, 0.1) is 4.90 Å². The zero-order chi connectivity index (χ0) is 14.6. The van der Waals surface area contributed by atoms with Crippen molar-refractivity contribution in [3.63, 3.8) is 0 Å². The van der Waals surface area contributed by atoms with Gasteiger partial charge in [-0.05, 0) is 36.8 Å². The van der Waals surface area contributed by atoms with Gasteiger partial charge in [0.2, 0.25) is 10.0 Å². The number of rotatable bonds is 6. The number of nitrogens with one attached hydrogen (secondary N) is 1. The molecule has 0 amide bonds. The lowest BCUT2D eigenvalue weighted by molar-refractivity contribution is 0.261. The fourth-order valence-electron chi connectivity index (χ4n) is 2.64. The fourth-order valence-corrected chi connectivity index (χ4v) is 5.58. The van der Waals surface area contributed by atoms with Crippen molar-refractivity contribution >= 4 is 21.4 Å². The van der Waals surface area contributed by atoms with Crippen LogP contribution >= 0.6 is 11.3 Å². The molecule has 1 aromatic heterocycles. The van der Waals surface area contributed by atoms with Gasteiger partial charge in [-0.2, -0.15) is 4.31 Å². The van der Waals surface area contributed by atoms with E-state index in [0.29, 0.717) is 30.4 Å². The maximum absolute atomic E-state index is 12.8. The Morgan fingerprint density at radius 3 is 2.95 bits per heavy atom. The Morgan fingerprint density at radius 2 is 2.25 bits per heavy atom. The van der Waals surface area contributed by atoms with E-state index in [4.69, 9.17) is 0 Å². The summed E-state index contributed by atoms with van der Waals surface area (Å²) in [5.41, 5.74) is 0. The second-order valence-electron chi connectivity index (χ2n) is 5.27. The van der Waals surface area contributed by atoms with Gasteiger partial charge in [0.1, 0.15) is 0 Å². The van der Waals surface area contributed by atoms with Crippen LogP contribution < -0.4 is 5.32 Å². The molecule has 20 heavy (non-hydrogen) atoms. The van der Waals surface area contributed by atoms with E-state index < -0.39 is 10.0 Å². The lowest BCUT2D eigenvalue weighted by Gasteiger charge is -2.31. The molecule has 1 N–H and O–H groups in total. The summed E-state index contributed by atoms with van der Waals surface area (Å²) >= 11 is 1.52. The predicted molar refractivity (Wildman–Crippen MR) is 83.5 cm³/mol. The van der Waals surface area contributed by atoms with Crippen molar-refractivity contribution in [1.82, 2.24) is 9.62 Å². The van der Waals surface area contributed by atoms with Crippen LogP contribution in [0.3, 0.4) is 0 Å². The predicted octanol–water partition coefficient (Wildman–Crippen LogP) is 2.67. The first-order valence-electron chi connectivity index (χ1n) is 7.36. The highest BCUT2D eigenvalue weighted by Gasteiger charge is 2.31. The highest BCUT2D eigenvalue weighted by molar-refractivity contribution is 7.89. The Kier molecular flexibility index (Phi) is 5.60. The molecule has 1 atom stereocenters. The van der Waals surface area contributed by atoms with E-state index in [9.17, 15) is 8.42 Å². The minimum absolute atomic E-state index is 0.500. The maximum atomic E-state index is 12.8. The van der Waals surface area contributed by atoms with Crippen LogP contribution in [0.25, 0.3) is 0 Å². The maximum Gasteiger partial charge on any atom is 0.244 e. The van der Waals surface area contributed by atoms with Crippen molar-refractivity contribution in [2.75, 3.05) is 19.6 Å². The molecule has 1 saturated heterocycles. The SMILES string of the molecule is CCNCc1sccc1S(=O)(=O)N1CCCC(CC)C1. The number of sulfonamides is 1. The zero-order valence-electron chi connectivity index (χ0n) is 12.3. The molecular formula is C14H24N2O2S2. The molecule has 0 bridgehead atoms. The molecule has 0 spiro atoms. The number of nitrogens with zero attached hydrogens (tertiary/aromatic N) is 1.